The zero-order valence-corrected chi connectivity index (χ0v) is 9.79. The van der Waals surface area contributed by atoms with E-state index in [1.165, 1.54) is 6.07 Å². The molecule has 0 saturated heterocycles. The fourth-order valence-corrected chi connectivity index (χ4v) is 2.11. The molecule has 2 N–H and O–H groups in total. The molecule has 0 spiro atoms. The van der Waals surface area contributed by atoms with Gasteiger partial charge >= 0.3 is 0 Å². The molecule has 0 bridgehead atoms. The molecule has 1 aromatic rings. The predicted molar refractivity (Wildman–Crippen MR) is 61.5 cm³/mol. The number of halogens is 2. The lowest BCUT2D eigenvalue weighted by Crippen LogP contribution is -2.37. The van der Waals surface area contributed by atoms with Crippen molar-refractivity contribution in [2.75, 3.05) is 6.54 Å². The highest BCUT2D eigenvalue weighted by molar-refractivity contribution is 5.20. The molecule has 1 atom stereocenters. The second-order valence-electron chi connectivity index (χ2n) is 4.79. The minimum absolute atomic E-state index is 0.0113. The summed E-state index contributed by atoms with van der Waals surface area (Å²) in [7, 11) is 0. The second kappa shape index (κ2) is 5.10. The average molecular weight is 241 g/mol. The first-order valence-electron chi connectivity index (χ1n) is 5.92. The lowest BCUT2D eigenvalue weighted by molar-refractivity contribution is 0.0420. The molecule has 2 rings (SSSR count). The minimum atomic E-state index is -0.817. The van der Waals surface area contributed by atoms with Gasteiger partial charge in [-0.05, 0) is 49.9 Å². The number of nitrogens with one attached hydrogen (secondary N) is 1. The Bertz CT molecular complexity index is 391. The molecule has 0 heterocycles. The standard InChI is InChI=1S/C13H17F2NO/c1-8(16-7-9-4-11(17)5-9)10-2-3-12(14)13(15)6-10/h2-3,6,8-9,11,16-17H,4-5,7H2,1H3. The SMILES string of the molecule is CC(NCC1CC(O)C1)c1ccc(F)c(F)c1. The van der Waals surface area contributed by atoms with E-state index in [0.717, 1.165) is 31.0 Å². The first kappa shape index (κ1) is 12.5. The molecular weight excluding hydrogens is 224 g/mol. The lowest BCUT2D eigenvalue weighted by atomic mass is 9.82. The Kier molecular flexibility index (Phi) is 3.74. The van der Waals surface area contributed by atoms with Crippen molar-refractivity contribution < 1.29 is 13.9 Å². The molecule has 17 heavy (non-hydrogen) atoms. The molecule has 1 saturated carbocycles. The van der Waals surface area contributed by atoms with Crippen LogP contribution in [0.3, 0.4) is 0 Å². The van der Waals surface area contributed by atoms with Gasteiger partial charge in [-0.25, -0.2) is 8.78 Å². The maximum atomic E-state index is 13.0. The number of hydrogen-bond acceptors (Lipinski definition) is 2. The molecule has 2 nitrogen and oxygen atoms in total. The van der Waals surface area contributed by atoms with Crippen LogP contribution < -0.4 is 5.32 Å². The number of rotatable bonds is 4. The van der Waals surface area contributed by atoms with Crippen LogP contribution in [0.15, 0.2) is 18.2 Å². The molecule has 94 valence electrons. The van der Waals surface area contributed by atoms with E-state index in [1.807, 2.05) is 6.92 Å². The number of aliphatic hydroxyl groups is 1. The first-order chi connectivity index (χ1) is 8.06. The molecule has 1 aromatic carbocycles. The molecule has 1 aliphatic carbocycles. The summed E-state index contributed by atoms with van der Waals surface area (Å²) in [4.78, 5) is 0. The number of aliphatic hydroxyl groups excluding tert-OH is 1. The van der Waals surface area contributed by atoms with Crippen molar-refractivity contribution in [2.24, 2.45) is 5.92 Å². The van der Waals surface area contributed by atoms with Crippen molar-refractivity contribution in [3.05, 3.63) is 35.4 Å². The van der Waals surface area contributed by atoms with Gasteiger partial charge in [0, 0.05) is 6.04 Å². The highest BCUT2D eigenvalue weighted by atomic mass is 19.2. The van der Waals surface area contributed by atoms with E-state index >= 15 is 0 Å². The van der Waals surface area contributed by atoms with Gasteiger partial charge in [-0.2, -0.15) is 0 Å². The third kappa shape index (κ3) is 3.01. The fourth-order valence-electron chi connectivity index (χ4n) is 2.11. The van der Waals surface area contributed by atoms with Gasteiger partial charge in [0.1, 0.15) is 0 Å². The van der Waals surface area contributed by atoms with Crippen LogP contribution in [0.1, 0.15) is 31.4 Å². The van der Waals surface area contributed by atoms with E-state index in [1.54, 1.807) is 6.07 Å². The van der Waals surface area contributed by atoms with Gasteiger partial charge in [-0.3, -0.25) is 0 Å². The summed E-state index contributed by atoms with van der Waals surface area (Å²) in [5, 5.41) is 12.4. The third-order valence-corrected chi connectivity index (χ3v) is 3.37. The van der Waals surface area contributed by atoms with Crippen molar-refractivity contribution in [2.45, 2.75) is 31.9 Å². The maximum Gasteiger partial charge on any atom is 0.159 e. The highest BCUT2D eigenvalue weighted by Gasteiger charge is 2.27. The summed E-state index contributed by atoms with van der Waals surface area (Å²) in [5.41, 5.74) is 0.740. The van der Waals surface area contributed by atoms with E-state index in [4.69, 9.17) is 5.11 Å². The molecule has 1 fully saturated rings. The summed E-state index contributed by atoms with van der Waals surface area (Å²) in [5.74, 6) is -1.13. The summed E-state index contributed by atoms with van der Waals surface area (Å²) in [6, 6.07) is 3.95. The Labute approximate surface area is 99.7 Å². The minimum Gasteiger partial charge on any atom is -0.393 e. The zero-order valence-electron chi connectivity index (χ0n) is 9.79. The van der Waals surface area contributed by atoms with Crippen LogP contribution in [0.25, 0.3) is 0 Å². The van der Waals surface area contributed by atoms with E-state index in [0.29, 0.717) is 5.92 Å². The largest absolute Gasteiger partial charge is 0.393 e. The van der Waals surface area contributed by atoms with Crippen LogP contribution in [0.2, 0.25) is 0 Å². The van der Waals surface area contributed by atoms with Crippen molar-refractivity contribution in [1.29, 1.82) is 0 Å². The maximum absolute atomic E-state index is 13.0. The fraction of sp³-hybridized carbons (Fsp3) is 0.538. The smallest absolute Gasteiger partial charge is 0.159 e. The van der Waals surface area contributed by atoms with Gasteiger partial charge in [0.15, 0.2) is 11.6 Å². The molecule has 4 heteroatoms. The molecule has 0 amide bonds. The molecular formula is C13H17F2NO. The van der Waals surface area contributed by atoms with E-state index in [2.05, 4.69) is 5.32 Å². The third-order valence-electron chi connectivity index (χ3n) is 3.37. The quantitative estimate of drug-likeness (QED) is 0.848. The zero-order chi connectivity index (χ0) is 12.4. The number of benzene rings is 1. The van der Waals surface area contributed by atoms with Crippen molar-refractivity contribution in [1.82, 2.24) is 5.32 Å². The van der Waals surface area contributed by atoms with Crippen LogP contribution in [-0.2, 0) is 0 Å². The van der Waals surface area contributed by atoms with Gasteiger partial charge in [0.2, 0.25) is 0 Å². The Morgan fingerprint density at radius 1 is 1.35 bits per heavy atom. The summed E-state index contributed by atoms with van der Waals surface area (Å²) < 4.78 is 25.8. The molecule has 1 unspecified atom stereocenters. The van der Waals surface area contributed by atoms with Crippen LogP contribution >= 0.6 is 0 Å². The Morgan fingerprint density at radius 2 is 2.06 bits per heavy atom. The van der Waals surface area contributed by atoms with Gasteiger partial charge in [0.05, 0.1) is 6.10 Å². The molecule has 0 aromatic heterocycles. The topological polar surface area (TPSA) is 32.3 Å². The van der Waals surface area contributed by atoms with Gasteiger partial charge in [-0.1, -0.05) is 6.07 Å². The van der Waals surface area contributed by atoms with Gasteiger partial charge in [0.25, 0.3) is 0 Å². The van der Waals surface area contributed by atoms with Gasteiger partial charge in [-0.15, -0.1) is 0 Å². The second-order valence-corrected chi connectivity index (χ2v) is 4.79. The predicted octanol–water partition coefficient (Wildman–Crippen LogP) is 2.39. The van der Waals surface area contributed by atoms with Gasteiger partial charge < -0.3 is 10.4 Å². The van der Waals surface area contributed by atoms with E-state index < -0.39 is 11.6 Å². The Morgan fingerprint density at radius 3 is 2.65 bits per heavy atom. The lowest BCUT2D eigenvalue weighted by Gasteiger charge is -2.32. The molecule has 1 aliphatic rings. The molecule has 0 aliphatic heterocycles. The van der Waals surface area contributed by atoms with Crippen LogP contribution in [0, 0.1) is 17.6 Å². The summed E-state index contributed by atoms with van der Waals surface area (Å²) in [6.07, 6.45) is 1.51. The van der Waals surface area contributed by atoms with E-state index in [-0.39, 0.29) is 12.1 Å². The normalized spacial score (nSPS) is 25.4. The highest BCUT2D eigenvalue weighted by Crippen LogP contribution is 2.27. The average Bonchev–Trinajstić information content (AvgIpc) is 2.26. The van der Waals surface area contributed by atoms with E-state index in [9.17, 15) is 8.78 Å². The van der Waals surface area contributed by atoms with Crippen LogP contribution in [-0.4, -0.2) is 17.8 Å². The molecule has 0 radical (unpaired) electrons. The number of hydrogen-bond donors (Lipinski definition) is 2. The van der Waals surface area contributed by atoms with Crippen molar-refractivity contribution in [3.8, 4) is 0 Å². The summed E-state index contributed by atoms with van der Waals surface area (Å²) >= 11 is 0. The Hall–Kier alpha value is -1.00. The van der Waals surface area contributed by atoms with Crippen molar-refractivity contribution in [3.63, 3.8) is 0 Å². The summed E-state index contributed by atoms with van der Waals surface area (Å²) in [6.45, 7) is 2.72. The Balaban J connectivity index is 1.86. The monoisotopic (exact) mass is 241 g/mol. The first-order valence-corrected chi connectivity index (χ1v) is 5.92. The van der Waals surface area contributed by atoms with Crippen LogP contribution in [0.5, 0.6) is 0 Å². The van der Waals surface area contributed by atoms with Crippen molar-refractivity contribution >= 4 is 0 Å². The van der Waals surface area contributed by atoms with Crippen LogP contribution in [0.4, 0.5) is 8.78 Å².